The number of hydrogen-bond donors (Lipinski definition) is 0. The summed E-state index contributed by atoms with van der Waals surface area (Å²) in [7, 11) is 1.61. The first-order valence-electron chi connectivity index (χ1n) is 11.0. The van der Waals surface area contributed by atoms with E-state index < -0.39 is 0 Å². The standard InChI is InChI=1S/C23H32N6O2S/c1-6-27(7-2)11-12-28(8-3)22(30)18-15-25-29(19(18)16-31-5)23-24-14-17(4)21(26-23)20-10-9-13-32-20/h9-10,13-15H,6-8,11-12,16H2,1-5H3. The molecule has 3 aromatic heterocycles. The predicted octanol–water partition coefficient (Wildman–Crippen LogP) is 3.65. The van der Waals surface area contributed by atoms with Gasteiger partial charge in [-0.3, -0.25) is 4.79 Å². The van der Waals surface area contributed by atoms with Crippen molar-refractivity contribution in [1.29, 1.82) is 0 Å². The Balaban J connectivity index is 1.93. The SMILES string of the molecule is CCN(CC)CCN(CC)C(=O)c1cnn(-c2ncc(C)c(-c3cccs3)n2)c1COC. The summed E-state index contributed by atoms with van der Waals surface area (Å²) in [5, 5.41) is 6.50. The molecule has 1 amide bonds. The average Bonchev–Trinajstić information content (AvgIpc) is 3.48. The van der Waals surface area contributed by atoms with E-state index in [4.69, 9.17) is 9.72 Å². The van der Waals surface area contributed by atoms with E-state index in [9.17, 15) is 4.79 Å². The van der Waals surface area contributed by atoms with E-state index in [0.29, 0.717) is 30.3 Å². The Morgan fingerprint density at radius 2 is 1.94 bits per heavy atom. The van der Waals surface area contributed by atoms with Crippen molar-refractivity contribution in [2.75, 3.05) is 39.8 Å². The lowest BCUT2D eigenvalue weighted by molar-refractivity contribution is 0.0741. The summed E-state index contributed by atoms with van der Waals surface area (Å²) < 4.78 is 7.04. The fourth-order valence-electron chi connectivity index (χ4n) is 3.57. The number of methoxy groups -OCH3 is 1. The fourth-order valence-corrected chi connectivity index (χ4v) is 4.35. The third-order valence-corrected chi connectivity index (χ3v) is 6.41. The van der Waals surface area contributed by atoms with E-state index in [1.54, 1.807) is 35.5 Å². The van der Waals surface area contributed by atoms with Gasteiger partial charge in [0.05, 0.1) is 34.6 Å². The van der Waals surface area contributed by atoms with Crippen LogP contribution in [0.5, 0.6) is 0 Å². The van der Waals surface area contributed by atoms with Gasteiger partial charge in [0.2, 0.25) is 0 Å². The van der Waals surface area contributed by atoms with Crippen LogP contribution in [0.25, 0.3) is 16.5 Å². The molecule has 0 aromatic carbocycles. The Labute approximate surface area is 193 Å². The maximum absolute atomic E-state index is 13.4. The molecule has 0 fully saturated rings. The summed E-state index contributed by atoms with van der Waals surface area (Å²) in [5.74, 6) is 0.375. The van der Waals surface area contributed by atoms with Crippen LogP contribution in [0, 0.1) is 6.92 Å². The number of carbonyl (C=O) groups is 1. The van der Waals surface area contributed by atoms with Crippen molar-refractivity contribution in [2.45, 2.75) is 34.3 Å². The second-order valence-electron chi connectivity index (χ2n) is 7.44. The highest BCUT2D eigenvalue weighted by molar-refractivity contribution is 7.13. The van der Waals surface area contributed by atoms with Crippen molar-refractivity contribution < 1.29 is 9.53 Å². The number of aryl methyl sites for hydroxylation is 1. The zero-order chi connectivity index (χ0) is 23.1. The van der Waals surface area contributed by atoms with Crippen LogP contribution in [0.1, 0.15) is 42.4 Å². The summed E-state index contributed by atoms with van der Waals surface area (Å²) in [6, 6.07) is 4.03. The molecule has 0 aliphatic rings. The van der Waals surface area contributed by atoms with E-state index in [2.05, 4.69) is 28.8 Å². The van der Waals surface area contributed by atoms with Crippen molar-refractivity contribution in [3.8, 4) is 16.5 Å². The minimum absolute atomic E-state index is 0.0523. The van der Waals surface area contributed by atoms with Crippen LogP contribution in [0.4, 0.5) is 0 Å². The molecule has 0 aliphatic heterocycles. The molecule has 172 valence electrons. The third-order valence-electron chi connectivity index (χ3n) is 5.53. The Kier molecular flexibility index (Phi) is 8.49. The predicted molar refractivity (Wildman–Crippen MR) is 127 cm³/mol. The molecule has 8 nitrogen and oxygen atoms in total. The van der Waals surface area contributed by atoms with E-state index in [-0.39, 0.29) is 12.5 Å². The highest BCUT2D eigenvalue weighted by Crippen LogP contribution is 2.26. The monoisotopic (exact) mass is 456 g/mol. The van der Waals surface area contributed by atoms with Crippen LogP contribution in [-0.2, 0) is 11.3 Å². The Morgan fingerprint density at radius 3 is 2.56 bits per heavy atom. The lowest BCUT2D eigenvalue weighted by Crippen LogP contribution is -2.38. The van der Waals surface area contributed by atoms with Crippen LogP contribution in [0.2, 0.25) is 0 Å². The zero-order valence-electron chi connectivity index (χ0n) is 19.5. The number of thiophene rings is 1. The van der Waals surface area contributed by atoms with Gasteiger partial charge < -0.3 is 14.5 Å². The molecule has 0 aliphatic carbocycles. The van der Waals surface area contributed by atoms with E-state index >= 15 is 0 Å². The van der Waals surface area contributed by atoms with E-state index in [0.717, 1.165) is 35.8 Å². The molecule has 3 rings (SSSR count). The number of hydrogen-bond acceptors (Lipinski definition) is 7. The van der Waals surface area contributed by atoms with Crippen molar-refractivity contribution in [1.82, 2.24) is 29.5 Å². The van der Waals surface area contributed by atoms with Crippen LogP contribution in [0.15, 0.2) is 29.9 Å². The van der Waals surface area contributed by atoms with Gasteiger partial charge in [-0.05, 0) is 43.9 Å². The first-order valence-corrected chi connectivity index (χ1v) is 11.9. The van der Waals surface area contributed by atoms with Gasteiger partial charge in [0, 0.05) is 32.9 Å². The fraction of sp³-hybridized carbons (Fsp3) is 0.478. The topological polar surface area (TPSA) is 76.4 Å². The molecule has 0 bridgehead atoms. The molecule has 0 saturated heterocycles. The number of nitrogens with zero attached hydrogens (tertiary/aromatic N) is 6. The van der Waals surface area contributed by atoms with Gasteiger partial charge in [0.25, 0.3) is 11.9 Å². The van der Waals surface area contributed by atoms with Crippen molar-refractivity contribution in [3.05, 3.63) is 46.7 Å². The maximum atomic E-state index is 13.4. The summed E-state index contributed by atoms with van der Waals surface area (Å²) >= 11 is 1.63. The summed E-state index contributed by atoms with van der Waals surface area (Å²) in [4.78, 5) is 27.8. The van der Waals surface area contributed by atoms with Gasteiger partial charge in [0.15, 0.2) is 0 Å². The molecule has 0 N–H and O–H groups in total. The smallest absolute Gasteiger partial charge is 0.257 e. The minimum Gasteiger partial charge on any atom is -0.378 e. The molecule has 0 saturated carbocycles. The highest BCUT2D eigenvalue weighted by atomic mass is 32.1. The molecule has 32 heavy (non-hydrogen) atoms. The first-order chi connectivity index (χ1) is 15.5. The van der Waals surface area contributed by atoms with Crippen molar-refractivity contribution >= 4 is 17.2 Å². The molecular formula is C23H32N6O2S. The van der Waals surface area contributed by atoms with Gasteiger partial charge in [-0.15, -0.1) is 11.3 Å². The van der Waals surface area contributed by atoms with E-state index in [1.165, 1.54) is 0 Å². The number of aromatic nitrogens is 4. The Bertz CT molecular complexity index is 1010. The second-order valence-corrected chi connectivity index (χ2v) is 8.39. The summed E-state index contributed by atoms with van der Waals surface area (Å²) in [6.45, 7) is 12.5. The van der Waals surface area contributed by atoms with Gasteiger partial charge in [-0.2, -0.15) is 9.78 Å². The van der Waals surface area contributed by atoms with Crippen LogP contribution < -0.4 is 0 Å². The largest absolute Gasteiger partial charge is 0.378 e. The Morgan fingerprint density at radius 1 is 1.16 bits per heavy atom. The number of amides is 1. The zero-order valence-corrected chi connectivity index (χ0v) is 20.4. The maximum Gasteiger partial charge on any atom is 0.257 e. The molecule has 3 aromatic rings. The Hall–Kier alpha value is -2.62. The molecule has 0 unspecified atom stereocenters. The summed E-state index contributed by atoms with van der Waals surface area (Å²) in [6.07, 6.45) is 3.39. The van der Waals surface area contributed by atoms with Gasteiger partial charge in [-0.1, -0.05) is 19.9 Å². The van der Waals surface area contributed by atoms with E-state index in [1.807, 2.05) is 36.3 Å². The third kappa shape index (κ3) is 5.23. The number of likely N-dealkylation sites (N-methyl/N-ethyl adjacent to an activating group) is 2. The van der Waals surface area contributed by atoms with Crippen molar-refractivity contribution in [2.24, 2.45) is 0 Å². The summed E-state index contributed by atoms with van der Waals surface area (Å²) in [5.41, 5.74) is 3.03. The molecule has 0 atom stereocenters. The first kappa shape index (κ1) is 24.0. The molecule has 9 heteroatoms. The van der Waals surface area contributed by atoms with Gasteiger partial charge in [-0.25, -0.2) is 9.97 Å². The number of rotatable bonds is 11. The number of ether oxygens (including phenoxy) is 1. The van der Waals surface area contributed by atoms with Gasteiger partial charge >= 0.3 is 0 Å². The molecule has 3 heterocycles. The van der Waals surface area contributed by atoms with Gasteiger partial charge in [0.1, 0.15) is 0 Å². The van der Waals surface area contributed by atoms with Crippen LogP contribution >= 0.6 is 11.3 Å². The highest BCUT2D eigenvalue weighted by Gasteiger charge is 2.24. The molecular weight excluding hydrogens is 424 g/mol. The molecule has 0 radical (unpaired) electrons. The van der Waals surface area contributed by atoms with Crippen LogP contribution in [-0.4, -0.2) is 75.3 Å². The van der Waals surface area contributed by atoms with Crippen LogP contribution in [0.3, 0.4) is 0 Å². The van der Waals surface area contributed by atoms with Crippen molar-refractivity contribution in [3.63, 3.8) is 0 Å². The molecule has 0 spiro atoms. The lowest BCUT2D eigenvalue weighted by Gasteiger charge is -2.25. The second kappa shape index (κ2) is 11.3. The number of carbonyl (C=O) groups excluding carboxylic acids is 1. The quantitative estimate of drug-likeness (QED) is 0.438. The average molecular weight is 457 g/mol. The normalized spacial score (nSPS) is 11.3. The minimum atomic E-state index is -0.0523. The lowest BCUT2D eigenvalue weighted by atomic mass is 10.2.